The van der Waals surface area contributed by atoms with Crippen molar-refractivity contribution in [3.8, 4) is 0 Å². The van der Waals surface area contributed by atoms with Crippen LogP contribution >= 0.6 is 23.1 Å². The van der Waals surface area contributed by atoms with Gasteiger partial charge in [-0.25, -0.2) is 0 Å². The van der Waals surface area contributed by atoms with Crippen molar-refractivity contribution in [2.45, 2.75) is 36.9 Å². The van der Waals surface area contributed by atoms with Crippen LogP contribution in [0, 0.1) is 12.8 Å². The van der Waals surface area contributed by atoms with Gasteiger partial charge in [-0.05, 0) is 26.2 Å². The number of hydrogen-bond acceptors (Lipinski definition) is 5. The van der Waals surface area contributed by atoms with Gasteiger partial charge in [0.1, 0.15) is 10.8 Å². The highest BCUT2D eigenvalue weighted by molar-refractivity contribution is 8.01. The fourth-order valence-electron chi connectivity index (χ4n) is 1.82. The van der Waals surface area contributed by atoms with Gasteiger partial charge in [0.2, 0.25) is 0 Å². The second-order valence-electron chi connectivity index (χ2n) is 3.78. The molecule has 0 aromatic carbocycles. The van der Waals surface area contributed by atoms with Crippen molar-refractivity contribution in [1.82, 2.24) is 10.2 Å². The second-order valence-corrected chi connectivity index (χ2v) is 6.30. The predicted molar refractivity (Wildman–Crippen MR) is 62.3 cm³/mol. The first-order valence-electron chi connectivity index (χ1n) is 5.21. The first-order valence-corrected chi connectivity index (χ1v) is 7.01. The minimum atomic E-state index is 0.325. The summed E-state index contributed by atoms with van der Waals surface area (Å²) in [7, 11) is 0. The molecule has 0 amide bonds. The molecule has 0 N–H and O–H groups in total. The highest BCUT2D eigenvalue weighted by atomic mass is 32.2. The molecule has 0 aliphatic heterocycles. The third-order valence-corrected chi connectivity index (χ3v) is 4.64. The SMILES string of the molecule is Cc1nnc(SCCC2CCCC2=O)s1. The fourth-order valence-corrected chi connectivity index (χ4v) is 3.76. The van der Waals surface area contributed by atoms with Gasteiger partial charge in [-0.2, -0.15) is 0 Å². The van der Waals surface area contributed by atoms with E-state index in [0.29, 0.717) is 11.7 Å². The molecule has 5 heteroatoms. The molecular formula is C10H14N2OS2. The van der Waals surface area contributed by atoms with Crippen LogP contribution in [0.2, 0.25) is 0 Å². The molecule has 15 heavy (non-hydrogen) atoms. The summed E-state index contributed by atoms with van der Waals surface area (Å²) in [4.78, 5) is 11.4. The molecule has 1 atom stereocenters. The topological polar surface area (TPSA) is 42.9 Å². The number of thioether (sulfide) groups is 1. The molecule has 1 saturated carbocycles. The highest BCUT2D eigenvalue weighted by Gasteiger charge is 2.23. The minimum Gasteiger partial charge on any atom is -0.299 e. The molecule has 1 aliphatic carbocycles. The minimum absolute atomic E-state index is 0.325. The Morgan fingerprint density at radius 2 is 2.40 bits per heavy atom. The van der Waals surface area contributed by atoms with Crippen LogP contribution in [0.4, 0.5) is 0 Å². The number of aromatic nitrogens is 2. The monoisotopic (exact) mass is 242 g/mol. The average molecular weight is 242 g/mol. The number of nitrogens with zero attached hydrogens (tertiary/aromatic N) is 2. The molecule has 1 heterocycles. The zero-order chi connectivity index (χ0) is 10.7. The largest absolute Gasteiger partial charge is 0.299 e. The zero-order valence-corrected chi connectivity index (χ0v) is 10.4. The first kappa shape index (κ1) is 11.1. The molecule has 1 fully saturated rings. The molecule has 1 unspecified atom stereocenters. The molecule has 2 rings (SSSR count). The fraction of sp³-hybridized carbons (Fsp3) is 0.700. The molecule has 1 aliphatic rings. The van der Waals surface area contributed by atoms with E-state index in [1.807, 2.05) is 6.92 Å². The van der Waals surface area contributed by atoms with Gasteiger partial charge in [-0.3, -0.25) is 4.79 Å². The third-order valence-electron chi connectivity index (χ3n) is 2.63. The summed E-state index contributed by atoms with van der Waals surface area (Å²) in [5.41, 5.74) is 0. The van der Waals surface area contributed by atoms with Crippen LogP contribution in [0.5, 0.6) is 0 Å². The van der Waals surface area contributed by atoms with Gasteiger partial charge < -0.3 is 0 Å². The van der Waals surface area contributed by atoms with Crippen LogP contribution in [-0.2, 0) is 4.79 Å². The van der Waals surface area contributed by atoms with Gasteiger partial charge >= 0.3 is 0 Å². The van der Waals surface area contributed by atoms with Crippen LogP contribution < -0.4 is 0 Å². The molecule has 82 valence electrons. The van der Waals surface area contributed by atoms with E-state index >= 15 is 0 Å². The van der Waals surface area contributed by atoms with Crippen LogP contribution in [0.25, 0.3) is 0 Å². The van der Waals surface area contributed by atoms with E-state index in [9.17, 15) is 4.79 Å². The molecule has 0 saturated heterocycles. The Kier molecular flexibility index (Phi) is 3.75. The zero-order valence-electron chi connectivity index (χ0n) is 8.73. The second kappa shape index (κ2) is 5.07. The number of aryl methyl sites for hydroxylation is 1. The maximum absolute atomic E-state index is 11.4. The quantitative estimate of drug-likeness (QED) is 0.761. The van der Waals surface area contributed by atoms with Crippen LogP contribution in [0.1, 0.15) is 30.7 Å². The summed E-state index contributed by atoms with van der Waals surface area (Å²) >= 11 is 3.35. The van der Waals surface area contributed by atoms with Gasteiger partial charge in [0.25, 0.3) is 0 Å². The molecule has 1 aromatic heterocycles. The molecule has 3 nitrogen and oxygen atoms in total. The Bertz CT molecular complexity index is 351. The Morgan fingerprint density at radius 3 is 3.00 bits per heavy atom. The number of Topliss-reactive ketones (excluding diaryl/α,β-unsaturated/α-hetero) is 1. The summed E-state index contributed by atoms with van der Waals surface area (Å²) in [6, 6.07) is 0. The van der Waals surface area contributed by atoms with E-state index in [1.165, 1.54) is 0 Å². The highest BCUT2D eigenvalue weighted by Crippen LogP contribution is 2.28. The molecular weight excluding hydrogens is 228 g/mol. The van der Waals surface area contributed by atoms with Crippen molar-refractivity contribution in [3.63, 3.8) is 0 Å². The normalized spacial score (nSPS) is 21.1. The van der Waals surface area contributed by atoms with Gasteiger partial charge in [-0.1, -0.05) is 23.1 Å². The molecule has 0 radical (unpaired) electrons. The summed E-state index contributed by atoms with van der Waals surface area (Å²) in [5, 5.41) is 9.02. The molecule has 1 aromatic rings. The van der Waals surface area contributed by atoms with E-state index in [4.69, 9.17) is 0 Å². The van der Waals surface area contributed by atoms with Crippen molar-refractivity contribution >= 4 is 28.9 Å². The van der Waals surface area contributed by atoms with E-state index in [1.54, 1.807) is 23.1 Å². The number of ketones is 1. The lowest BCUT2D eigenvalue weighted by molar-refractivity contribution is -0.120. The maximum Gasteiger partial charge on any atom is 0.174 e. The Hall–Kier alpha value is -0.420. The lowest BCUT2D eigenvalue weighted by Gasteiger charge is -2.04. The molecule has 0 spiro atoms. The van der Waals surface area contributed by atoms with Crippen molar-refractivity contribution in [2.75, 3.05) is 5.75 Å². The van der Waals surface area contributed by atoms with Crippen molar-refractivity contribution in [3.05, 3.63) is 5.01 Å². The van der Waals surface area contributed by atoms with E-state index in [2.05, 4.69) is 10.2 Å². The maximum atomic E-state index is 11.4. The summed E-state index contributed by atoms with van der Waals surface area (Å²) < 4.78 is 1.03. The van der Waals surface area contributed by atoms with E-state index < -0.39 is 0 Å². The Labute approximate surface area is 97.7 Å². The van der Waals surface area contributed by atoms with Crippen molar-refractivity contribution < 1.29 is 4.79 Å². The van der Waals surface area contributed by atoms with Gasteiger partial charge in [0.05, 0.1) is 0 Å². The number of hydrogen-bond donors (Lipinski definition) is 0. The Balaban J connectivity index is 1.73. The first-order chi connectivity index (χ1) is 7.25. The number of carbonyl (C=O) groups excluding carboxylic acids is 1. The van der Waals surface area contributed by atoms with Gasteiger partial charge in [-0.15, -0.1) is 10.2 Å². The predicted octanol–water partition coefficient (Wildman–Crippen LogP) is 2.70. The van der Waals surface area contributed by atoms with Crippen LogP contribution in [-0.4, -0.2) is 21.7 Å². The Morgan fingerprint density at radius 1 is 1.53 bits per heavy atom. The van der Waals surface area contributed by atoms with E-state index in [-0.39, 0.29) is 0 Å². The summed E-state index contributed by atoms with van der Waals surface area (Å²) in [5.74, 6) is 1.78. The van der Waals surface area contributed by atoms with E-state index in [0.717, 1.165) is 40.8 Å². The smallest absolute Gasteiger partial charge is 0.174 e. The number of rotatable bonds is 4. The van der Waals surface area contributed by atoms with Gasteiger partial charge in [0.15, 0.2) is 4.34 Å². The lowest BCUT2D eigenvalue weighted by Crippen LogP contribution is -2.06. The van der Waals surface area contributed by atoms with Gasteiger partial charge in [0, 0.05) is 18.1 Å². The summed E-state index contributed by atoms with van der Waals surface area (Å²) in [6.45, 7) is 1.96. The summed E-state index contributed by atoms with van der Waals surface area (Å²) in [6.07, 6.45) is 3.98. The standard InChI is InChI=1S/C10H14N2OS2/c1-7-11-12-10(15-7)14-6-5-8-3-2-4-9(8)13/h8H,2-6H2,1H3. The number of carbonyl (C=O) groups is 1. The van der Waals surface area contributed by atoms with Crippen molar-refractivity contribution in [2.24, 2.45) is 5.92 Å². The third kappa shape index (κ3) is 3.01. The average Bonchev–Trinajstić information content (AvgIpc) is 2.77. The molecule has 0 bridgehead atoms. The van der Waals surface area contributed by atoms with Crippen LogP contribution in [0.3, 0.4) is 0 Å². The van der Waals surface area contributed by atoms with Crippen LogP contribution in [0.15, 0.2) is 4.34 Å². The lowest BCUT2D eigenvalue weighted by atomic mass is 10.1. The van der Waals surface area contributed by atoms with Crippen molar-refractivity contribution in [1.29, 1.82) is 0 Å².